The number of fused-ring (bicyclic) bond motifs is 3. The highest BCUT2D eigenvalue weighted by Gasteiger charge is 2.13. The van der Waals surface area contributed by atoms with E-state index in [4.69, 9.17) is 11.6 Å². The fourth-order valence-corrected chi connectivity index (χ4v) is 4.18. The van der Waals surface area contributed by atoms with Crippen LogP contribution in [0.5, 0.6) is 0 Å². The zero-order valence-electron chi connectivity index (χ0n) is 15.6. The maximum Gasteiger partial charge on any atom is 0.0998 e. The number of nitriles is 1. The molecule has 29 heavy (non-hydrogen) atoms. The van der Waals surface area contributed by atoms with Crippen molar-refractivity contribution in [1.29, 1.82) is 5.26 Å². The molecule has 0 fully saturated rings. The van der Waals surface area contributed by atoms with Crippen LogP contribution in [-0.2, 0) is 0 Å². The first-order valence-electron chi connectivity index (χ1n) is 9.45. The Hall–Kier alpha value is -3.60. The lowest BCUT2D eigenvalue weighted by Gasteiger charge is -2.14. The quantitative estimate of drug-likeness (QED) is 0.282. The van der Waals surface area contributed by atoms with E-state index in [0.717, 1.165) is 27.6 Å². The second-order valence-electron chi connectivity index (χ2n) is 7.07. The Balaban J connectivity index is 1.84. The Morgan fingerprint density at radius 3 is 2.10 bits per heavy atom. The van der Waals surface area contributed by atoms with Gasteiger partial charge in [-0.15, -0.1) is 0 Å². The standard InChI is InChI=1S/C27H16ClN/c28-22-8-5-7-18(14-22)19-12-13-21(17-29)26(15-19)27-16-20-6-1-2-9-23(20)24-10-3-4-11-25(24)27/h1-16H. The molecule has 1 nitrogen and oxygen atoms in total. The summed E-state index contributed by atoms with van der Waals surface area (Å²) >= 11 is 6.20. The van der Waals surface area contributed by atoms with E-state index < -0.39 is 0 Å². The number of benzene rings is 5. The molecule has 0 aliphatic heterocycles. The first-order valence-corrected chi connectivity index (χ1v) is 9.83. The average molecular weight is 390 g/mol. The van der Waals surface area contributed by atoms with E-state index in [2.05, 4.69) is 60.7 Å². The Morgan fingerprint density at radius 2 is 1.31 bits per heavy atom. The third kappa shape index (κ3) is 3.05. The summed E-state index contributed by atoms with van der Waals surface area (Å²) in [4.78, 5) is 0. The van der Waals surface area contributed by atoms with Crippen LogP contribution in [0.15, 0.2) is 97.1 Å². The van der Waals surface area contributed by atoms with Crippen LogP contribution in [0, 0.1) is 11.3 Å². The molecular formula is C27H16ClN. The van der Waals surface area contributed by atoms with Crippen molar-refractivity contribution in [1.82, 2.24) is 0 Å². The van der Waals surface area contributed by atoms with Gasteiger partial charge in [0.15, 0.2) is 0 Å². The zero-order valence-corrected chi connectivity index (χ0v) is 16.3. The Labute approximate surface area is 174 Å². The van der Waals surface area contributed by atoms with E-state index >= 15 is 0 Å². The van der Waals surface area contributed by atoms with Gasteiger partial charge in [0.1, 0.15) is 0 Å². The molecule has 5 aromatic carbocycles. The second-order valence-corrected chi connectivity index (χ2v) is 7.51. The fourth-order valence-electron chi connectivity index (χ4n) is 3.99. The molecule has 2 heteroatoms. The van der Waals surface area contributed by atoms with Crippen LogP contribution in [0.4, 0.5) is 0 Å². The Bertz CT molecular complexity index is 1430. The van der Waals surface area contributed by atoms with Gasteiger partial charge in [0.05, 0.1) is 11.6 Å². The molecule has 0 aromatic heterocycles. The highest BCUT2D eigenvalue weighted by Crippen LogP contribution is 2.38. The van der Waals surface area contributed by atoms with Crippen molar-refractivity contribution in [2.75, 3.05) is 0 Å². The third-order valence-electron chi connectivity index (χ3n) is 5.36. The van der Waals surface area contributed by atoms with Gasteiger partial charge in [-0.05, 0) is 68.6 Å². The lowest BCUT2D eigenvalue weighted by Crippen LogP contribution is -1.90. The summed E-state index contributed by atoms with van der Waals surface area (Å²) in [5.74, 6) is 0. The number of hydrogen-bond acceptors (Lipinski definition) is 1. The fraction of sp³-hybridized carbons (Fsp3) is 0. The predicted molar refractivity (Wildman–Crippen MR) is 122 cm³/mol. The van der Waals surface area contributed by atoms with Crippen molar-refractivity contribution in [2.24, 2.45) is 0 Å². The molecule has 5 aromatic rings. The van der Waals surface area contributed by atoms with Gasteiger partial charge in [0.25, 0.3) is 0 Å². The second kappa shape index (κ2) is 7.09. The van der Waals surface area contributed by atoms with E-state index in [1.54, 1.807) is 0 Å². The third-order valence-corrected chi connectivity index (χ3v) is 5.59. The van der Waals surface area contributed by atoms with Gasteiger partial charge < -0.3 is 0 Å². The molecule has 0 spiro atoms. The summed E-state index contributed by atoms with van der Waals surface area (Å²) in [5, 5.41) is 15.2. The lowest BCUT2D eigenvalue weighted by molar-refractivity contribution is 1.48. The molecule has 0 heterocycles. The number of hydrogen-bond donors (Lipinski definition) is 0. The van der Waals surface area contributed by atoms with Gasteiger partial charge in [-0.25, -0.2) is 0 Å². The molecule has 136 valence electrons. The minimum atomic E-state index is 0.663. The lowest BCUT2D eigenvalue weighted by atomic mass is 9.89. The monoisotopic (exact) mass is 389 g/mol. The van der Waals surface area contributed by atoms with Crippen molar-refractivity contribution in [3.8, 4) is 28.3 Å². The average Bonchev–Trinajstić information content (AvgIpc) is 2.78. The van der Waals surface area contributed by atoms with Crippen LogP contribution in [0.2, 0.25) is 5.02 Å². The van der Waals surface area contributed by atoms with Gasteiger partial charge in [0, 0.05) is 10.6 Å². The van der Waals surface area contributed by atoms with Crippen molar-refractivity contribution >= 4 is 33.1 Å². The van der Waals surface area contributed by atoms with Crippen LogP contribution >= 0.6 is 11.6 Å². The van der Waals surface area contributed by atoms with E-state index in [1.807, 2.05) is 42.5 Å². The van der Waals surface area contributed by atoms with Gasteiger partial charge in [0.2, 0.25) is 0 Å². The minimum Gasteiger partial charge on any atom is -0.192 e. The summed E-state index contributed by atoms with van der Waals surface area (Å²) in [6.07, 6.45) is 0. The zero-order chi connectivity index (χ0) is 19.8. The number of rotatable bonds is 2. The van der Waals surface area contributed by atoms with Crippen LogP contribution in [0.25, 0.3) is 43.8 Å². The summed E-state index contributed by atoms with van der Waals surface area (Å²) < 4.78 is 0. The number of halogens is 1. The Morgan fingerprint density at radius 1 is 0.586 bits per heavy atom. The SMILES string of the molecule is N#Cc1ccc(-c2cccc(Cl)c2)cc1-c1cc2ccccc2c2ccccc12. The molecular weight excluding hydrogens is 374 g/mol. The van der Waals surface area contributed by atoms with Crippen LogP contribution in [-0.4, -0.2) is 0 Å². The van der Waals surface area contributed by atoms with Crippen molar-refractivity contribution in [3.05, 3.63) is 108 Å². The smallest absolute Gasteiger partial charge is 0.0998 e. The summed E-state index contributed by atoms with van der Waals surface area (Å²) in [6, 6.07) is 35.1. The molecule has 0 aliphatic carbocycles. The van der Waals surface area contributed by atoms with E-state index in [-0.39, 0.29) is 0 Å². The van der Waals surface area contributed by atoms with Crippen molar-refractivity contribution in [3.63, 3.8) is 0 Å². The molecule has 0 unspecified atom stereocenters. The number of nitrogens with zero attached hydrogens (tertiary/aromatic N) is 1. The van der Waals surface area contributed by atoms with Gasteiger partial charge in [-0.2, -0.15) is 5.26 Å². The van der Waals surface area contributed by atoms with Gasteiger partial charge in [-0.3, -0.25) is 0 Å². The van der Waals surface area contributed by atoms with E-state index in [0.29, 0.717) is 10.6 Å². The highest BCUT2D eigenvalue weighted by molar-refractivity contribution is 6.30. The molecule has 0 saturated carbocycles. The highest BCUT2D eigenvalue weighted by atomic mass is 35.5. The maximum atomic E-state index is 9.80. The summed E-state index contributed by atoms with van der Waals surface area (Å²) in [6.45, 7) is 0. The molecule has 0 saturated heterocycles. The Kier molecular flexibility index (Phi) is 4.28. The molecule has 0 atom stereocenters. The van der Waals surface area contributed by atoms with Gasteiger partial charge >= 0.3 is 0 Å². The van der Waals surface area contributed by atoms with Crippen LogP contribution in [0.3, 0.4) is 0 Å². The first kappa shape index (κ1) is 17.5. The van der Waals surface area contributed by atoms with Crippen LogP contribution in [0.1, 0.15) is 5.56 Å². The van der Waals surface area contributed by atoms with E-state index in [9.17, 15) is 5.26 Å². The normalized spacial score (nSPS) is 10.9. The minimum absolute atomic E-state index is 0.663. The van der Waals surface area contributed by atoms with E-state index in [1.165, 1.54) is 16.2 Å². The predicted octanol–water partition coefficient (Wildman–Crippen LogP) is 7.85. The molecule has 0 radical (unpaired) electrons. The largest absolute Gasteiger partial charge is 0.192 e. The molecule has 5 rings (SSSR count). The molecule has 0 N–H and O–H groups in total. The molecule has 0 amide bonds. The topological polar surface area (TPSA) is 23.8 Å². The molecule has 0 bridgehead atoms. The maximum absolute atomic E-state index is 9.80. The van der Waals surface area contributed by atoms with Gasteiger partial charge in [-0.1, -0.05) is 78.3 Å². The van der Waals surface area contributed by atoms with Crippen molar-refractivity contribution < 1.29 is 0 Å². The molecule has 0 aliphatic rings. The first-order chi connectivity index (χ1) is 14.2. The summed E-state index contributed by atoms with van der Waals surface area (Å²) in [5.41, 5.74) is 4.75. The summed E-state index contributed by atoms with van der Waals surface area (Å²) in [7, 11) is 0. The van der Waals surface area contributed by atoms with Crippen LogP contribution < -0.4 is 0 Å². The van der Waals surface area contributed by atoms with Crippen molar-refractivity contribution in [2.45, 2.75) is 0 Å².